The predicted molar refractivity (Wildman–Crippen MR) is 107 cm³/mol. The molecule has 0 unspecified atom stereocenters. The van der Waals surface area contributed by atoms with Crippen LogP contribution >= 0.6 is 27.3 Å². The molecule has 0 aliphatic carbocycles. The third kappa shape index (κ3) is 3.93. The summed E-state index contributed by atoms with van der Waals surface area (Å²) in [6.45, 7) is 2.58. The number of hydrogen-bond acceptors (Lipinski definition) is 6. The van der Waals surface area contributed by atoms with Crippen LogP contribution in [-0.4, -0.2) is 42.3 Å². The van der Waals surface area contributed by atoms with Gasteiger partial charge in [0.05, 0.1) is 19.7 Å². The first kappa shape index (κ1) is 20.0. The summed E-state index contributed by atoms with van der Waals surface area (Å²) >= 11 is 4.61. The van der Waals surface area contributed by atoms with Crippen LogP contribution in [0.25, 0.3) is 11.0 Å². The molecule has 10 heteroatoms. The average Bonchev–Trinajstić information content (AvgIpc) is 3.21. The zero-order valence-electron chi connectivity index (χ0n) is 15.0. The number of carbonyl (C=O) groups excluding carboxylic acids is 1. The first-order chi connectivity index (χ1) is 12.7. The molecular formula is C17H18BrN3O4S2. The van der Waals surface area contributed by atoms with Crippen molar-refractivity contribution in [1.82, 2.24) is 13.9 Å². The number of benzene rings is 1. The fourth-order valence-electron chi connectivity index (χ4n) is 2.62. The maximum Gasteiger partial charge on any atom is 0.348 e. The lowest BCUT2D eigenvalue weighted by atomic mass is 10.3. The Kier molecular flexibility index (Phi) is 5.71. The molecule has 1 aromatic carbocycles. The summed E-state index contributed by atoms with van der Waals surface area (Å²) < 4.78 is 33.9. The zero-order valence-corrected chi connectivity index (χ0v) is 18.2. The molecule has 0 bridgehead atoms. The highest BCUT2D eigenvalue weighted by atomic mass is 79.9. The Morgan fingerprint density at radius 2 is 2.04 bits per heavy atom. The van der Waals surface area contributed by atoms with Crippen LogP contribution < -0.4 is 0 Å². The molecule has 7 nitrogen and oxygen atoms in total. The Labute approximate surface area is 169 Å². The van der Waals surface area contributed by atoms with Crippen molar-refractivity contribution >= 4 is 54.3 Å². The first-order valence-electron chi connectivity index (χ1n) is 8.08. The average molecular weight is 472 g/mol. The van der Waals surface area contributed by atoms with Crippen molar-refractivity contribution in [3.05, 3.63) is 44.8 Å². The molecular weight excluding hydrogens is 454 g/mol. The molecule has 0 spiro atoms. The van der Waals surface area contributed by atoms with Crippen LogP contribution in [0.5, 0.6) is 0 Å². The van der Waals surface area contributed by atoms with Gasteiger partial charge in [0.15, 0.2) is 0 Å². The van der Waals surface area contributed by atoms with Gasteiger partial charge in [0.25, 0.3) is 0 Å². The predicted octanol–water partition coefficient (Wildman–Crippen LogP) is 3.49. The molecule has 3 aromatic rings. The third-order valence-corrected chi connectivity index (χ3v) is 7.42. The minimum Gasteiger partial charge on any atom is -0.453 e. The monoisotopic (exact) mass is 471 g/mol. The van der Waals surface area contributed by atoms with E-state index in [9.17, 15) is 13.2 Å². The molecule has 0 aliphatic heterocycles. The molecule has 0 fully saturated rings. The van der Waals surface area contributed by atoms with Crippen molar-refractivity contribution in [2.24, 2.45) is 0 Å². The summed E-state index contributed by atoms with van der Waals surface area (Å²) in [5, 5.41) is 0. The van der Waals surface area contributed by atoms with Gasteiger partial charge in [-0.05, 0) is 53.2 Å². The lowest BCUT2D eigenvalue weighted by Gasteiger charge is -2.11. The van der Waals surface area contributed by atoms with E-state index in [1.165, 1.54) is 25.4 Å². The van der Waals surface area contributed by atoms with E-state index in [0.717, 1.165) is 13.6 Å². The van der Waals surface area contributed by atoms with Crippen molar-refractivity contribution in [3.8, 4) is 0 Å². The number of ether oxygens (including phenoxy) is 1. The molecule has 27 heavy (non-hydrogen) atoms. The minimum atomic E-state index is -3.54. The van der Waals surface area contributed by atoms with Crippen molar-refractivity contribution in [2.45, 2.75) is 25.0 Å². The van der Waals surface area contributed by atoms with Crippen molar-refractivity contribution in [2.75, 3.05) is 14.1 Å². The van der Waals surface area contributed by atoms with E-state index in [0.29, 0.717) is 22.8 Å². The standard InChI is InChI=1S/C17H18BrN3O4S2/c1-4-21-13-6-5-11(27(23,24)20(2)3)9-12(13)19-16(21)10-25-17(22)14-7-8-15(18)26-14/h5-9H,4,10H2,1-3H3. The molecule has 0 atom stereocenters. The summed E-state index contributed by atoms with van der Waals surface area (Å²) in [4.78, 5) is 17.3. The Hall–Kier alpha value is -1.75. The summed E-state index contributed by atoms with van der Waals surface area (Å²) in [5.74, 6) is 0.146. The topological polar surface area (TPSA) is 81.5 Å². The van der Waals surface area contributed by atoms with Crippen LogP contribution in [-0.2, 0) is 27.9 Å². The SMILES string of the molecule is CCn1c(COC(=O)c2ccc(Br)s2)nc2cc(S(=O)(=O)N(C)C)ccc21. The lowest BCUT2D eigenvalue weighted by molar-refractivity contribution is 0.0464. The van der Waals surface area contributed by atoms with E-state index in [2.05, 4.69) is 20.9 Å². The summed E-state index contributed by atoms with van der Waals surface area (Å²) in [5.41, 5.74) is 1.34. The van der Waals surface area contributed by atoms with Crippen LogP contribution in [0.4, 0.5) is 0 Å². The van der Waals surface area contributed by atoms with Gasteiger partial charge in [-0.3, -0.25) is 0 Å². The normalized spacial score (nSPS) is 12.0. The molecule has 2 aromatic heterocycles. The van der Waals surface area contributed by atoms with Gasteiger partial charge in [-0.1, -0.05) is 0 Å². The van der Waals surface area contributed by atoms with Gasteiger partial charge >= 0.3 is 5.97 Å². The van der Waals surface area contributed by atoms with Gasteiger partial charge in [-0.2, -0.15) is 0 Å². The second-order valence-electron chi connectivity index (χ2n) is 5.89. The molecule has 0 N–H and O–H groups in total. The van der Waals surface area contributed by atoms with Crippen LogP contribution in [0, 0.1) is 0 Å². The van der Waals surface area contributed by atoms with Gasteiger partial charge in [-0.15, -0.1) is 11.3 Å². The van der Waals surface area contributed by atoms with Gasteiger partial charge in [0.1, 0.15) is 17.3 Å². The summed E-state index contributed by atoms with van der Waals surface area (Å²) in [7, 11) is -0.574. The number of aryl methyl sites for hydroxylation is 1. The van der Waals surface area contributed by atoms with Crippen molar-refractivity contribution < 1.29 is 17.9 Å². The number of esters is 1. The smallest absolute Gasteiger partial charge is 0.348 e. The Balaban J connectivity index is 1.90. The highest BCUT2D eigenvalue weighted by molar-refractivity contribution is 9.11. The summed E-state index contributed by atoms with van der Waals surface area (Å²) in [6, 6.07) is 8.31. The molecule has 3 rings (SSSR count). The maximum absolute atomic E-state index is 12.3. The minimum absolute atomic E-state index is 0.00658. The maximum atomic E-state index is 12.3. The fraction of sp³-hybridized carbons (Fsp3) is 0.294. The van der Waals surface area contributed by atoms with Crippen LogP contribution in [0.3, 0.4) is 0 Å². The Morgan fingerprint density at radius 3 is 2.63 bits per heavy atom. The number of imidazole rings is 1. The molecule has 0 radical (unpaired) electrons. The van der Waals surface area contributed by atoms with E-state index < -0.39 is 16.0 Å². The molecule has 144 valence electrons. The number of aromatic nitrogens is 2. The van der Waals surface area contributed by atoms with E-state index in [1.807, 2.05) is 11.5 Å². The van der Waals surface area contributed by atoms with E-state index in [1.54, 1.807) is 30.3 Å². The molecule has 0 saturated heterocycles. The number of thiophene rings is 1. The molecule has 2 heterocycles. The van der Waals surface area contributed by atoms with Crippen molar-refractivity contribution in [3.63, 3.8) is 0 Å². The first-order valence-corrected chi connectivity index (χ1v) is 11.1. The Bertz CT molecular complexity index is 1100. The second-order valence-corrected chi connectivity index (χ2v) is 10.5. The fourth-order valence-corrected chi connectivity index (χ4v) is 4.82. The molecule has 0 amide bonds. The van der Waals surface area contributed by atoms with Gasteiger partial charge in [0.2, 0.25) is 10.0 Å². The van der Waals surface area contributed by atoms with Crippen LogP contribution in [0.15, 0.2) is 39.0 Å². The van der Waals surface area contributed by atoms with Gasteiger partial charge < -0.3 is 9.30 Å². The Morgan fingerprint density at radius 1 is 1.30 bits per heavy atom. The van der Waals surface area contributed by atoms with E-state index in [-0.39, 0.29) is 11.5 Å². The van der Waals surface area contributed by atoms with E-state index in [4.69, 9.17) is 4.74 Å². The lowest BCUT2D eigenvalue weighted by Crippen LogP contribution is -2.22. The number of sulfonamides is 1. The number of halogens is 1. The number of fused-ring (bicyclic) bond motifs is 1. The van der Waals surface area contributed by atoms with Gasteiger partial charge in [0, 0.05) is 20.6 Å². The largest absolute Gasteiger partial charge is 0.453 e. The third-order valence-electron chi connectivity index (χ3n) is 4.00. The van der Waals surface area contributed by atoms with Crippen LogP contribution in [0.1, 0.15) is 22.4 Å². The van der Waals surface area contributed by atoms with Crippen molar-refractivity contribution in [1.29, 1.82) is 0 Å². The van der Waals surface area contributed by atoms with Gasteiger partial charge in [-0.25, -0.2) is 22.5 Å². The zero-order chi connectivity index (χ0) is 19.8. The number of nitrogens with zero attached hydrogens (tertiary/aromatic N) is 3. The second kappa shape index (κ2) is 7.70. The molecule has 0 saturated carbocycles. The number of hydrogen-bond donors (Lipinski definition) is 0. The van der Waals surface area contributed by atoms with Crippen LogP contribution in [0.2, 0.25) is 0 Å². The highest BCUT2D eigenvalue weighted by Crippen LogP contribution is 2.24. The van der Waals surface area contributed by atoms with E-state index >= 15 is 0 Å². The quantitative estimate of drug-likeness (QED) is 0.513. The summed E-state index contributed by atoms with van der Waals surface area (Å²) in [6.07, 6.45) is 0. The number of rotatable bonds is 6. The highest BCUT2D eigenvalue weighted by Gasteiger charge is 2.20. The molecule has 0 aliphatic rings. The number of carbonyl (C=O) groups is 1.